The van der Waals surface area contributed by atoms with Gasteiger partial charge in [-0.3, -0.25) is 4.90 Å². The van der Waals surface area contributed by atoms with Crippen molar-refractivity contribution in [2.75, 3.05) is 45.8 Å². The minimum absolute atomic E-state index is 0.678. The van der Waals surface area contributed by atoms with E-state index < -0.39 is 0 Å². The Morgan fingerprint density at radius 2 is 1.65 bits per heavy atom. The van der Waals surface area contributed by atoms with Gasteiger partial charge in [0.2, 0.25) is 0 Å². The summed E-state index contributed by atoms with van der Waals surface area (Å²) in [7, 11) is 0. The molecule has 102 valence electrons. The lowest BCUT2D eigenvalue weighted by Crippen LogP contribution is -2.52. The van der Waals surface area contributed by atoms with Crippen LogP contribution in [0.25, 0.3) is 0 Å². The van der Waals surface area contributed by atoms with Crippen molar-refractivity contribution in [2.45, 2.75) is 40.2 Å². The zero-order chi connectivity index (χ0) is 12.7. The number of hydrogen-bond acceptors (Lipinski definition) is 3. The predicted octanol–water partition coefficient (Wildman–Crippen LogP) is 1.65. The Labute approximate surface area is 108 Å². The molecular formula is C14H31N3. The van der Waals surface area contributed by atoms with E-state index in [2.05, 4.69) is 42.8 Å². The fraction of sp³-hybridized carbons (Fsp3) is 1.00. The van der Waals surface area contributed by atoms with Gasteiger partial charge in [0.15, 0.2) is 0 Å². The Morgan fingerprint density at radius 3 is 2.18 bits per heavy atom. The predicted molar refractivity (Wildman–Crippen MR) is 75.5 cm³/mol. The zero-order valence-electron chi connectivity index (χ0n) is 12.2. The van der Waals surface area contributed by atoms with Gasteiger partial charge in [0.05, 0.1) is 0 Å². The maximum Gasteiger partial charge on any atom is 0.0193 e. The molecule has 1 rings (SSSR count). The van der Waals surface area contributed by atoms with Gasteiger partial charge < -0.3 is 10.2 Å². The number of piperazine rings is 1. The van der Waals surface area contributed by atoms with Crippen molar-refractivity contribution in [3.63, 3.8) is 0 Å². The molecule has 0 amide bonds. The van der Waals surface area contributed by atoms with E-state index in [-0.39, 0.29) is 0 Å². The summed E-state index contributed by atoms with van der Waals surface area (Å²) in [6.45, 7) is 17.7. The first-order valence-electron chi connectivity index (χ1n) is 7.30. The lowest BCUT2D eigenvalue weighted by molar-refractivity contribution is 0.101. The van der Waals surface area contributed by atoms with Crippen LogP contribution in [0.5, 0.6) is 0 Å². The first kappa shape index (κ1) is 14.9. The van der Waals surface area contributed by atoms with Crippen molar-refractivity contribution in [2.24, 2.45) is 5.92 Å². The lowest BCUT2D eigenvalue weighted by atomic mass is 10.2. The smallest absolute Gasteiger partial charge is 0.0193 e. The lowest BCUT2D eigenvalue weighted by Gasteiger charge is -2.38. The monoisotopic (exact) mass is 241 g/mol. The van der Waals surface area contributed by atoms with Crippen molar-refractivity contribution >= 4 is 0 Å². The van der Waals surface area contributed by atoms with Gasteiger partial charge in [-0.05, 0) is 32.4 Å². The molecule has 0 radical (unpaired) electrons. The Balaban J connectivity index is 2.14. The summed E-state index contributed by atoms with van der Waals surface area (Å²) < 4.78 is 0. The van der Waals surface area contributed by atoms with Crippen LogP contribution in [0.3, 0.4) is 0 Å². The Hall–Kier alpha value is -0.120. The summed E-state index contributed by atoms with van der Waals surface area (Å²) in [5, 5.41) is 3.56. The van der Waals surface area contributed by atoms with E-state index in [4.69, 9.17) is 0 Å². The summed E-state index contributed by atoms with van der Waals surface area (Å²) in [4.78, 5) is 5.21. The highest BCUT2D eigenvalue weighted by molar-refractivity contribution is 4.77. The highest BCUT2D eigenvalue weighted by Crippen LogP contribution is 2.06. The normalized spacial score (nSPS) is 21.0. The molecule has 1 aliphatic rings. The second-order valence-corrected chi connectivity index (χ2v) is 5.78. The van der Waals surface area contributed by atoms with Gasteiger partial charge in [-0.2, -0.15) is 0 Å². The molecule has 0 bridgehead atoms. The molecule has 0 saturated carbocycles. The van der Waals surface area contributed by atoms with E-state index >= 15 is 0 Å². The molecule has 0 aromatic carbocycles. The number of nitrogens with one attached hydrogen (secondary N) is 1. The van der Waals surface area contributed by atoms with Crippen LogP contribution in [-0.4, -0.2) is 61.7 Å². The molecule has 0 spiro atoms. The molecular weight excluding hydrogens is 210 g/mol. The number of hydrogen-bond donors (Lipinski definition) is 1. The van der Waals surface area contributed by atoms with E-state index in [9.17, 15) is 0 Å². The topological polar surface area (TPSA) is 18.5 Å². The van der Waals surface area contributed by atoms with Crippen LogP contribution >= 0.6 is 0 Å². The molecule has 0 aromatic rings. The zero-order valence-corrected chi connectivity index (χ0v) is 12.2. The van der Waals surface area contributed by atoms with Crippen molar-refractivity contribution in [1.82, 2.24) is 15.1 Å². The van der Waals surface area contributed by atoms with Crippen LogP contribution in [0, 0.1) is 5.92 Å². The molecule has 1 heterocycles. The third kappa shape index (κ3) is 5.84. The van der Waals surface area contributed by atoms with Crippen LogP contribution in [0.2, 0.25) is 0 Å². The fourth-order valence-corrected chi connectivity index (χ4v) is 2.45. The molecule has 1 unspecified atom stereocenters. The molecule has 17 heavy (non-hydrogen) atoms. The van der Waals surface area contributed by atoms with E-state index in [0.29, 0.717) is 6.04 Å². The molecule has 1 N–H and O–H groups in total. The van der Waals surface area contributed by atoms with Crippen LogP contribution in [0.4, 0.5) is 0 Å². The first-order valence-corrected chi connectivity index (χ1v) is 7.30. The van der Waals surface area contributed by atoms with Crippen molar-refractivity contribution in [1.29, 1.82) is 0 Å². The van der Waals surface area contributed by atoms with E-state index in [1.807, 2.05) is 0 Å². The average molecular weight is 241 g/mol. The molecule has 3 heteroatoms. The second kappa shape index (κ2) is 8.06. The van der Waals surface area contributed by atoms with E-state index in [1.54, 1.807) is 0 Å². The van der Waals surface area contributed by atoms with Gasteiger partial charge in [-0.25, -0.2) is 0 Å². The third-order valence-corrected chi connectivity index (χ3v) is 3.56. The van der Waals surface area contributed by atoms with E-state index in [1.165, 1.54) is 39.1 Å². The standard InChI is InChI=1S/C14H31N3/c1-5-6-16-7-9-17(10-8-16)14(4)12-15-11-13(2)3/h13-15H,5-12H2,1-4H3. The van der Waals surface area contributed by atoms with Crippen LogP contribution in [-0.2, 0) is 0 Å². The van der Waals surface area contributed by atoms with Crippen LogP contribution in [0.1, 0.15) is 34.1 Å². The molecule has 1 fully saturated rings. The Kier molecular flexibility index (Phi) is 7.09. The van der Waals surface area contributed by atoms with Crippen molar-refractivity contribution in [3.8, 4) is 0 Å². The average Bonchev–Trinajstić information content (AvgIpc) is 2.30. The van der Waals surface area contributed by atoms with Gasteiger partial charge in [0.25, 0.3) is 0 Å². The van der Waals surface area contributed by atoms with Gasteiger partial charge >= 0.3 is 0 Å². The van der Waals surface area contributed by atoms with Gasteiger partial charge in [-0.15, -0.1) is 0 Å². The fourth-order valence-electron chi connectivity index (χ4n) is 2.45. The van der Waals surface area contributed by atoms with Crippen LogP contribution < -0.4 is 5.32 Å². The molecule has 0 aliphatic carbocycles. The quantitative estimate of drug-likeness (QED) is 0.731. The minimum atomic E-state index is 0.678. The summed E-state index contributed by atoms with van der Waals surface area (Å²) >= 11 is 0. The maximum atomic E-state index is 3.56. The van der Waals surface area contributed by atoms with Crippen LogP contribution in [0.15, 0.2) is 0 Å². The van der Waals surface area contributed by atoms with E-state index in [0.717, 1.165) is 19.0 Å². The van der Waals surface area contributed by atoms with Gasteiger partial charge in [-0.1, -0.05) is 20.8 Å². The molecule has 3 nitrogen and oxygen atoms in total. The van der Waals surface area contributed by atoms with Crippen molar-refractivity contribution < 1.29 is 0 Å². The highest BCUT2D eigenvalue weighted by atomic mass is 15.3. The first-order chi connectivity index (χ1) is 8.13. The number of nitrogens with zero attached hydrogens (tertiary/aromatic N) is 2. The second-order valence-electron chi connectivity index (χ2n) is 5.78. The maximum absolute atomic E-state index is 3.56. The summed E-state index contributed by atoms with van der Waals surface area (Å²) in [6.07, 6.45) is 1.28. The van der Waals surface area contributed by atoms with Gasteiger partial charge in [0.1, 0.15) is 0 Å². The number of rotatable bonds is 7. The Bertz CT molecular complexity index is 186. The van der Waals surface area contributed by atoms with Crippen molar-refractivity contribution in [3.05, 3.63) is 0 Å². The SMILES string of the molecule is CCCN1CCN(C(C)CNCC(C)C)CC1. The Morgan fingerprint density at radius 1 is 1.00 bits per heavy atom. The highest BCUT2D eigenvalue weighted by Gasteiger charge is 2.19. The molecule has 1 saturated heterocycles. The summed E-state index contributed by atoms with van der Waals surface area (Å²) in [6, 6.07) is 0.678. The molecule has 1 atom stereocenters. The summed E-state index contributed by atoms with van der Waals surface area (Å²) in [5.74, 6) is 0.753. The third-order valence-electron chi connectivity index (χ3n) is 3.56. The molecule has 1 aliphatic heterocycles. The largest absolute Gasteiger partial charge is 0.315 e. The van der Waals surface area contributed by atoms with Gasteiger partial charge in [0, 0.05) is 38.8 Å². The minimum Gasteiger partial charge on any atom is -0.315 e. The molecule has 0 aromatic heterocycles. The summed E-state index contributed by atoms with van der Waals surface area (Å²) in [5.41, 5.74) is 0.